The third-order valence-corrected chi connectivity index (χ3v) is 9.63. The van der Waals surface area contributed by atoms with Crippen LogP contribution in [0.4, 0.5) is 0 Å². The summed E-state index contributed by atoms with van der Waals surface area (Å²) in [6.07, 6.45) is 14.2. The van der Waals surface area contributed by atoms with E-state index in [9.17, 15) is 10.2 Å². The minimum Gasteiger partial charge on any atom is -1.00 e. The lowest BCUT2D eigenvalue weighted by atomic mass is 10.0. The van der Waals surface area contributed by atoms with Gasteiger partial charge in [0.25, 0.3) is 0 Å². The van der Waals surface area contributed by atoms with Crippen LogP contribution >= 0.6 is 69.6 Å². The number of benzene rings is 3. The number of halogens is 7. The Hall–Kier alpha value is -0.750. The molecule has 0 unspecified atom stereocenters. The van der Waals surface area contributed by atoms with E-state index in [2.05, 4.69) is 51.4 Å². The van der Waals surface area contributed by atoms with E-state index in [1.54, 1.807) is 0 Å². The first-order chi connectivity index (χ1) is 20.4. The second kappa shape index (κ2) is 21.2. The number of unbranched alkanes of at least 4 members (excludes halogenated alkanes) is 9. The third-order valence-electron chi connectivity index (χ3n) is 7.40. The van der Waals surface area contributed by atoms with Gasteiger partial charge in [0.2, 0.25) is 0 Å². The second-order valence-electron chi connectivity index (χ2n) is 11.6. The van der Waals surface area contributed by atoms with Crippen molar-refractivity contribution in [1.29, 1.82) is 0 Å². The molecular weight excluding hydrogens is 703 g/mol. The van der Waals surface area contributed by atoms with Crippen molar-refractivity contribution in [3.8, 4) is 11.5 Å². The highest BCUT2D eigenvalue weighted by Gasteiger charge is 2.21. The SMILES string of the molecule is CCCCCCCCCCCC[N+](C)(C)Cc1ccccc1.Oc1c(Cl)cc(Cl)c(Cl)c1Cc1c(O)c(Cl)cc(Cl)c1Cl.[Cl-]. The van der Waals surface area contributed by atoms with E-state index in [-0.39, 0.29) is 71.6 Å². The Kier molecular flexibility index (Phi) is 19.9. The van der Waals surface area contributed by atoms with Crippen LogP contribution in [0.5, 0.6) is 11.5 Å². The second-order valence-corrected chi connectivity index (χ2v) is 14.0. The predicted octanol–water partition coefficient (Wildman–Crippen LogP) is 9.80. The smallest absolute Gasteiger partial charge is 0.139 e. The number of nitrogens with zero attached hydrogens (tertiary/aromatic N) is 1. The van der Waals surface area contributed by atoms with Crippen molar-refractivity contribution < 1.29 is 27.1 Å². The summed E-state index contributed by atoms with van der Waals surface area (Å²) >= 11 is 35.7. The summed E-state index contributed by atoms with van der Waals surface area (Å²) in [5, 5.41) is 20.6. The zero-order chi connectivity index (χ0) is 32.0. The molecular formula is C34H44Cl7NO2. The zero-order valence-corrected chi connectivity index (χ0v) is 31.0. The average molecular weight is 747 g/mol. The molecule has 0 aliphatic heterocycles. The molecule has 0 fully saturated rings. The molecule has 0 radical (unpaired) electrons. The van der Waals surface area contributed by atoms with Gasteiger partial charge in [0.15, 0.2) is 0 Å². The third kappa shape index (κ3) is 13.9. The van der Waals surface area contributed by atoms with Crippen molar-refractivity contribution in [3.63, 3.8) is 0 Å². The lowest BCUT2D eigenvalue weighted by molar-refractivity contribution is -0.903. The van der Waals surface area contributed by atoms with Crippen LogP contribution in [0.15, 0.2) is 42.5 Å². The van der Waals surface area contributed by atoms with Crippen molar-refractivity contribution >= 4 is 69.6 Å². The molecule has 3 aromatic rings. The average Bonchev–Trinajstić information content (AvgIpc) is 2.96. The summed E-state index contributed by atoms with van der Waals surface area (Å²) in [7, 11) is 4.72. The van der Waals surface area contributed by atoms with Gasteiger partial charge >= 0.3 is 0 Å². The van der Waals surface area contributed by atoms with E-state index < -0.39 is 0 Å². The summed E-state index contributed by atoms with van der Waals surface area (Å²) in [6, 6.07) is 13.5. The van der Waals surface area contributed by atoms with Gasteiger partial charge in [-0.2, -0.15) is 0 Å². The van der Waals surface area contributed by atoms with Gasteiger partial charge in [0.1, 0.15) is 18.0 Å². The fraction of sp³-hybridized carbons (Fsp3) is 0.471. The molecule has 0 aliphatic rings. The first kappa shape index (κ1) is 41.3. The summed E-state index contributed by atoms with van der Waals surface area (Å²) in [5.41, 5.74) is 1.88. The number of phenols is 2. The number of phenolic OH excluding ortho intramolecular Hbond substituents is 2. The van der Waals surface area contributed by atoms with Crippen LogP contribution < -0.4 is 12.4 Å². The van der Waals surface area contributed by atoms with E-state index in [4.69, 9.17) is 69.6 Å². The van der Waals surface area contributed by atoms with E-state index in [0.29, 0.717) is 0 Å². The van der Waals surface area contributed by atoms with Gasteiger partial charge in [0.05, 0.1) is 50.8 Å². The Morgan fingerprint density at radius 3 is 1.43 bits per heavy atom. The molecule has 0 saturated heterocycles. The van der Waals surface area contributed by atoms with Gasteiger partial charge in [-0.1, -0.05) is 158 Å². The minimum atomic E-state index is -0.252. The summed E-state index contributed by atoms with van der Waals surface area (Å²) in [5.74, 6) is -0.504. The Balaban J connectivity index is 0.000000430. The van der Waals surface area contributed by atoms with Gasteiger partial charge in [-0.15, -0.1) is 0 Å². The molecule has 3 rings (SSSR count). The molecule has 10 heteroatoms. The van der Waals surface area contributed by atoms with E-state index in [1.807, 2.05) is 0 Å². The van der Waals surface area contributed by atoms with Crippen LogP contribution in [0.2, 0.25) is 30.1 Å². The lowest BCUT2D eigenvalue weighted by Crippen LogP contribution is -3.00. The van der Waals surface area contributed by atoms with Crippen molar-refractivity contribution in [2.24, 2.45) is 0 Å². The summed E-state index contributed by atoms with van der Waals surface area (Å²) in [4.78, 5) is 0. The molecule has 246 valence electrons. The first-order valence-electron chi connectivity index (χ1n) is 14.9. The molecule has 0 aliphatic carbocycles. The van der Waals surface area contributed by atoms with Gasteiger partial charge in [-0.3, -0.25) is 0 Å². The maximum atomic E-state index is 10.0. The van der Waals surface area contributed by atoms with Gasteiger partial charge in [-0.05, 0) is 25.0 Å². The van der Waals surface area contributed by atoms with Crippen molar-refractivity contribution in [2.75, 3.05) is 20.6 Å². The molecule has 0 heterocycles. The van der Waals surface area contributed by atoms with Gasteiger partial charge in [0, 0.05) is 23.1 Å². The Morgan fingerprint density at radius 2 is 1.00 bits per heavy atom. The number of hydrogen-bond donors (Lipinski definition) is 2. The molecule has 3 nitrogen and oxygen atoms in total. The molecule has 0 aromatic heterocycles. The highest BCUT2D eigenvalue weighted by molar-refractivity contribution is 6.45. The van der Waals surface area contributed by atoms with Crippen molar-refractivity contribution in [1.82, 2.24) is 0 Å². The molecule has 0 saturated carbocycles. The maximum absolute atomic E-state index is 10.0. The highest BCUT2D eigenvalue weighted by atomic mass is 35.5. The molecule has 44 heavy (non-hydrogen) atoms. The van der Waals surface area contributed by atoms with E-state index in [1.165, 1.54) is 88.4 Å². The van der Waals surface area contributed by atoms with Gasteiger partial charge in [-0.25, -0.2) is 0 Å². The van der Waals surface area contributed by atoms with Crippen LogP contribution in [0.25, 0.3) is 0 Å². The topological polar surface area (TPSA) is 40.5 Å². The fourth-order valence-corrected chi connectivity index (χ4v) is 6.38. The number of quaternary nitrogens is 1. The predicted molar refractivity (Wildman–Crippen MR) is 188 cm³/mol. The Morgan fingerprint density at radius 1 is 0.591 bits per heavy atom. The normalized spacial score (nSPS) is 11.1. The number of rotatable bonds is 15. The highest BCUT2D eigenvalue weighted by Crippen LogP contribution is 2.44. The maximum Gasteiger partial charge on any atom is 0.139 e. The lowest BCUT2D eigenvalue weighted by Gasteiger charge is -2.30. The molecule has 3 aromatic carbocycles. The monoisotopic (exact) mass is 743 g/mol. The summed E-state index contributed by atoms with van der Waals surface area (Å²) < 4.78 is 1.11. The standard InChI is InChI=1S/C21H38N.C13H6Cl6O2.ClH/c1-4-5-6-7-8-9-10-11-12-16-19-22(2,3)20-21-17-14-13-15-18-21;14-6-2-8(16)12(20)4(10(6)18)1-5-11(19)7(15)3-9(17)13(5)21;/h13-15,17-18H,4-12,16,19-20H2,1-3H3;2-3,20-21H,1H2;1H/q+1;;/p-1. The molecule has 0 spiro atoms. The molecule has 2 N–H and O–H groups in total. The van der Waals surface area contributed by atoms with Crippen LogP contribution in [0, 0.1) is 0 Å². The molecule has 0 atom stereocenters. The van der Waals surface area contributed by atoms with Crippen molar-refractivity contribution in [2.45, 2.75) is 84.1 Å². The van der Waals surface area contributed by atoms with Crippen molar-refractivity contribution in [3.05, 3.63) is 89.3 Å². The Labute approximate surface area is 300 Å². The molecule has 0 amide bonds. The fourth-order valence-electron chi connectivity index (χ4n) is 4.95. The van der Waals surface area contributed by atoms with E-state index in [0.717, 1.165) is 11.0 Å². The van der Waals surface area contributed by atoms with Crippen LogP contribution in [0.3, 0.4) is 0 Å². The quantitative estimate of drug-likeness (QED) is 0.0924. The zero-order valence-electron chi connectivity index (χ0n) is 25.7. The van der Waals surface area contributed by atoms with E-state index >= 15 is 0 Å². The molecule has 0 bridgehead atoms. The summed E-state index contributed by atoms with van der Waals surface area (Å²) in [6.45, 7) is 4.74. The number of hydrogen-bond acceptors (Lipinski definition) is 2. The largest absolute Gasteiger partial charge is 1.00 e. The van der Waals surface area contributed by atoms with Crippen LogP contribution in [0.1, 0.15) is 87.8 Å². The van der Waals surface area contributed by atoms with Gasteiger partial charge < -0.3 is 27.1 Å². The Bertz CT molecular complexity index is 1170. The number of aromatic hydroxyl groups is 2. The first-order valence-corrected chi connectivity index (χ1v) is 17.2. The minimum absolute atomic E-state index is 0. The van der Waals surface area contributed by atoms with Crippen LogP contribution in [-0.2, 0) is 13.0 Å². The van der Waals surface area contributed by atoms with Crippen LogP contribution in [-0.4, -0.2) is 35.3 Å².